The van der Waals surface area contributed by atoms with Crippen LogP contribution in [0.5, 0.6) is 11.5 Å². The Kier molecular flexibility index (Phi) is 7.39. The summed E-state index contributed by atoms with van der Waals surface area (Å²) in [6, 6.07) is 14.0. The number of nitrogens with one attached hydrogen (secondary N) is 1. The van der Waals surface area contributed by atoms with Crippen LogP contribution in [0.1, 0.15) is 11.1 Å². The van der Waals surface area contributed by atoms with Crippen molar-refractivity contribution in [3.63, 3.8) is 0 Å². The molecule has 8 heteroatoms. The minimum absolute atomic E-state index is 0.0687. The zero-order valence-electron chi connectivity index (χ0n) is 15.0. The summed E-state index contributed by atoms with van der Waals surface area (Å²) in [6.45, 7) is -0.547. The molecule has 2 aromatic rings. The minimum atomic E-state index is -3.76. The van der Waals surface area contributed by atoms with Crippen LogP contribution in [-0.2, 0) is 26.2 Å². The lowest BCUT2D eigenvalue weighted by Crippen LogP contribution is -2.29. The maximum absolute atomic E-state index is 11.9. The zero-order valence-corrected chi connectivity index (χ0v) is 15.9. The Labute approximate surface area is 158 Å². The van der Waals surface area contributed by atoms with Gasteiger partial charge in [0, 0.05) is 11.0 Å². The molecule has 1 N–H and O–H groups in total. The monoisotopic (exact) mass is 391 g/mol. The third-order valence-electron chi connectivity index (χ3n) is 3.53. The topological polar surface area (TPSA) is 90.9 Å². The molecule has 0 unspecified atom stereocenters. The van der Waals surface area contributed by atoms with E-state index >= 15 is 0 Å². The fourth-order valence-electron chi connectivity index (χ4n) is 2.14. The van der Waals surface area contributed by atoms with Gasteiger partial charge in [0.05, 0.1) is 14.2 Å². The number of hydrogen-bond acceptors (Lipinski definition) is 6. The molecule has 2 aromatic carbocycles. The highest BCUT2D eigenvalue weighted by Gasteiger charge is 2.12. The summed E-state index contributed by atoms with van der Waals surface area (Å²) in [5.74, 6) is 0.417. The summed E-state index contributed by atoms with van der Waals surface area (Å²) in [5, 5.41) is 1.00. The van der Waals surface area contributed by atoms with Crippen LogP contribution in [-0.4, -0.2) is 35.2 Å². The fourth-order valence-corrected chi connectivity index (χ4v) is 2.90. The Bertz CT molecular complexity index is 894. The van der Waals surface area contributed by atoms with Crippen LogP contribution in [0, 0.1) is 0 Å². The Morgan fingerprint density at radius 1 is 1.07 bits per heavy atom. The van der Waals surface area contributed by atoms with Gasteiger partial charge >= 0.3 is 5.97 Å². The smallest absolute Gasteiger partial charge is 0.321 e. The molecule has 0 aliphatic heterocycles. The number of carbonyl (C=O) groups excluding carboxylic acids is 1. The molecule has 0 aliphatic rings. The first-order valence-corrected chi connectivity index (χ1v) is 9.57. The van der Waals surface area contributed by atoms with E-state index in [1.165, 1.54) is 20.3 Å². The summed E-state index contributed by atoms with van der Waals surface area (Å²) in [4.78, 5) is 11.8. The normalized spacial score (nSPS) is 11.3. The second kappa shape index (κ2) is 9.75. The second-order valence-corrected chi connectivity index (χ2v) is 7.07. The van der Waals surface area contributed by atoms with Gasteiger partial charge in [-0.2, -0.15) is 0 Å². The third kappa shape index (κ3) is 6.76. The highest BCUT2D eigenvalue weighted by molar-refractivity contribution is 7.92. The van der Waals surface area contributed by atoms with E-state index in [4.69, 9.17) is 14.2 Å². The summed E-state index contributed by atoms with van der Waals surface area (Å²) in [7, 11) is -0.734. The quantitative estimate of drug-likeness (QED) is 0.660. The van der Waals surface area contributed by atoms with Crippen molar-refractivity contribution in [2.75, 3.05) is 20.8 Å². The van der Waals surface area contributed by atoms with Crippen molar-refractivity contribution in [2.24, 2.45) is 0 Å². The predicted molar refractivity (Wildman–Crippen MR) is 102 cm³/mol. The number of ether oxygens (including phenoxy) is 3. The van der Waals surface area contributed by atoms with E-state index in [0.29, 0.717) is 17.1 Å². The van der Waals surface area contributed by atoms with Crippen LogP contribution < -0.4 is 14.2 Å². The number of esters is 1. The van der Waals surface area contributed by atoms with Crippen LogP contribution in [0.25, 0.3) is 6.08 Å². The Morgan fingerprint density at radius 2 is 1.81 bits per heavy atom. The SMILES string of the molecule is COc1ccc(OC)c(COC(=O)CNS(=O)(=O)/C=C/c2ccccc2)c1. The van der Waals surface area contributed by atoms with Crippen LogP contribution in [0.15, 0.2) is 53.9 Å². The van der Waals surface area contributed by atoms with Gasteiger partial charge in [-0.15, -0.1) is 0 Å². The molecule has 0 amide bonds. The van der Waals surface area contributed by atoms with Gasteiger partial charge in [0.2, 0.25) is 10.0 Å². The second-order valence-electron chi connectivity index (χ2n) is 5.42. The number of methoxy groups -OCH3 is 2. The van der Waals surface area contributed by atoms with Gasteiger partial charge < -0.3 is 14.2 Å². The van der Waals surface area contributed by atoms with Crippen molar-refractivity contribution in [2.45, 2.75) is 6.61 Å². The maximum atomic E-state index is 11.9. The molecule has 0 spiro atoms. The lowest BCUT2D eigenvalue weighted by Gasteiger charge is -2.11. The standard InChI is InChI=1S/C19H21NO6S/c1-24-17-8-9-18(25-2)16(12-17)14-26-19(21)13-20-27(22,23)11-10-15-6-4-3-5-7-15/h3-12,20H,13-14H2,1-2H3/b11-10+. The van der Waals surface area contributed by atoms with Crippen molar-refractivity contribution in [1.29, 1.82) is 0 Å². The van der Waals surface area contributed by atoms with Crippen molar-refractivity contribution in [3.8, 4) is 11.5 Å². The average Bonchev–Trinajstić information content (AvgIpc) is 2.70. The number of carbonyl (C=O) groups is 1. The molecule has 0 heterocycles. The first-order chi connectivity index (χ1) is 12.9. The largest absolute Gasteiger partial charge is 0.497 e. The van der Waals surface area contributed by atoms with E-state index in [1.54, 1.807) is 42.5 Å². The highest BCUT2D eigenvalue weighted by atomic mass is 32.2. The molecule has 144 valence electrons. The lowest BCUT2D eigenvalue weighted by molar-refractivity contribution is -0.143. The number of rotatable bonds is 9. The Morgan fingerprint density at radius 3 is 2.48 bits per heavy atom. The van der Waals surface area contributed by atoms with E-state index in [0.717, 1.165) is 11.0 Å². The molecule has 0 radical (unpaired) electrons. The average molecular weight is 391 g/mol. The number of hydrogen-bond donors (Lipinski definition) is 1. The molecule has 0 aromatic heterocycles. The summed E-state index contributed by atoms with van der Waals surface area (Å²) in [5.41, 5.74) is 1.34. The van der Waals surface area contributed by atoms with Gasteiger partial charge in [0.15, 0.2) is 0 Å². The highest BCUT2D eigenvalue weighted by Crippen LogP contribution is 2.24. The van der Waals surface area contributed by atoms with Crippen LogP contribution in [0.3, 0.4) is 0 Å². The molecular weight excluding hydrogens is 370 g/mol. The molecule has 0 aliphatic carbocycles. The maximum Gasteiger partial charge on any atom is 0.321 e. The van der Waals surface area contributed by atoms with Gasteiger partial charge in [-0.3, -0.25) is 4.79 Å². The molecule has 2 rings (SSSR count). The summed E-state index contributed by atoms with van der Waals surface area (Å²) < 4.78 is 41.4. The number of benzene rings is 2. The van der Waals surface area contributed by atoms with E-state index in [-0.39, 0.29) is 6.61 Å². The van der Waals surface area contributed by atoms with Crippen molar-refractivity contribution < 1.29 is 27.4 Å². The molecule has 27 heavy (non-hydrogen) atoms. The molecule has 0 saturated heterocycles. The van der Waals surface area contributed by atoms with E-state index < -0.39 is 22.5 Å². The van der Waals surface area contributed by atoms with Gasteiger partial charge in [-0.05, 0) is 29.8 Å². The molecule has 7 nitrogen and oxygen atoms in total. The van der Waals surface area contributed by atoms with Crippen LogP contribution in [0.4, 0.5) is 0 Å². The summed E-state index contributed by atoms with van der Waals surface area (Å²) in [6.07, 6.45) is 1.44. The lowest BCUT2D eigenvalue weighted by atomic mass is 10.2. The molecule has 0 bridgehead atoms. The van der Waals surface area contributed by atoms with Crippen molar-refractivity contribution >= 4 is 22.1 Å². The Balaban J connectivity index is 1.88. The first kappa shape index (κ1) is 20.5. The first-order valence-electron chi connectivity index (χ1n) is 8.03. The fraction of sp³-hybridized carbons (Fsp3) is 0.211. The summed E-state index contributed by atoms with van der Waals surface area (Å²) >= 11 is 0. The predicted octanol–water partition coefficient (Wildman–Crippen LogP) is 2.34. The van der Waals surface area contributed by atoms with E-state index in [9.17, 15) is 13.2 Å². The number of sulfonamides is 1. The zero-order chi connectivity index (χ0) is 19.7. The minimum Gasteiger partial charge on any atom is -0.497 e. The van der Waals surface area contributed by atoms with Crippen LogP contribution in [0.2, 0.25) is 0 Å². The molecule has 0 saturated carbocycles. The third-order valence-corrected chi connectivity index (χ3v) is 4.57. The van der Waals surface area contributed by atoms with Crippen LogP contribution >= 0.6 is 0 Å². The molecule has 0 fully saturated rings. The van der Waals surface area contributed by atoms with Crippen molar-refractivity contribution in [3.05, 3.63) is 65.1 Å². The van der Waals surface area contributed by atoms with Gasteiger partial charge in [0.25, 0.3) is 0 Å². The Hall–Kier alpha value is -2.84. The van der Waals surface area contributed by atoms with E-state index in [2.05, 4.69) is 4.72 Å². The van der Waals surface area contributed by atoms with Gasteiger partial charge in [-0.25, -0.2) is 13.1 Å². The van der Waals surface area contributed by atoms with Crippen molar-refractivity contribution in [1.82, 2.24) is 4.72 Å². The van der Waals surface area contributed by atoms with Gasteiger partial charge in [0.1, 0.15) is 24.7 Å². The van der Waals surface area contributed by atoms with E-state index in [1.807, 2.05) is 6.07 Å². The molecular formula is C19H21NO6S. The molecule has 0 atom stereocenters. The van der Waals surface area contributed by atoms with Gasteiger partial charge in [-0.1, -0.05) is 30.3 Å².